The summed E-state index contributed by atoms with van der Waals surface area (Å²) in [5.74, 6) is 1.13. The van der Waals surface area contributed by atoms with Crippen LogP contribution in [-0.4, -0.2) is 5.54 Å². The molecule has 2 rings (SSSR count). The van der Waals surface area contributed by atoms with Gasteiger partial charge in [-0.05, 0) is 30.7 Å². The summed E-state index contributed by atoms with van der Waals surface area (Å²) in [5.41, 5.74) is 7.28. The molecule has 1 aliphatic carbocycles. The van der Waals surface area contributed by atoms with Crippen LogP contribution < -0.4 is 5.73 Å². The first-order valence-electron chi connectivity index (χ1n) is 6.92. The molecular weight excluding hydrogens is 234 g/mol. The molecule has 102 valence electrons. The zero-order valence-electron chi connectivity index (χ0n) is 11.5. The normalized spacial score (nSPS) is 26.1. The maximum absolute atomic E-state index is 6.52. The molecule has 0 saturated heterocycles. The summed E-state index contributed by atoms with van der Waals surface area (Å²) in [4.78, 5) is 0. The monoisotopic (exact) mass is 257 g/mol. The Morgan fingerprint density at radius 3 is 2.84 bits per heavy atom. The van der Waals surface area contributed by atoms with Gasteiger partial charge in [-0.15, -0.1) is 6.58 Å². The Kier molecular flexibility index (Phi) is 4.43. The summed E-state index contributed by atoms with van der Waals surface area (Å²) >= 11 is 0. The van der Waals surface area contributed by atoms with E-state index in [9.17, 15) is 0 Å². The van der Waals surface area contributed by atoms with E-state index in [1.165, 1.54) is 0 Å². The molecule has 19 heavy (non-hydrogen) atoms. The molecule has 1 saturated carbocycles. The van der Waals surface area contributed by atoms with Crippen molar-refractivity contribution < 1.29 is 4.74 Å². The molecule has 2 heteroatoms. The first-order chi connectivity index (χ1) is 9.16. The van der Waals surface area contributed by atoms with E-state index in [2.05, 4.69) is 13.2 Å². The van der Waals surface area contributed by atoms with Crippen LogP contribution in [0.1, 0.15) is 31.2 Å². The van der Waals surface area contributed by atoms with Crippen LogP contribution in [0.2, 0.25) is 0 Å². The lowest BCUT2D eigenvalue weighted by atomic mass is 9.84. The van der Waals surface area contributed by atoms with Gasteiger partial charge in [0.05, 0.1) is 5.54 Å². The zero-order valence-corrected chi connectivity index (χ0v) is 11.5. The molecule has 0 amide bonds. The van der Waals surface area contributed by atoms with Gasteiger partial charge in [-0.25, -0.2) is 0 Å². The van der Waals surface area contributed by atoms with Gasteiger partial charge >= 0.3 is 0 Å². The second-order valence-electron chi connectivity index (χ2n) is 5.35. The van der Waals surface area contributed by atoms with Gasteiger partial charge in [-0.3, -0.25) is 0 Å². The van der Waals surface area contributed by atoms with E-state index >= 15 is 0 Å². The molecule has 0 radical (unpaired) electrons. The second kappa shape index (κ2) is 6.07. The molecule has 1 aromatic rings. The van der Waals surface area contributed by atoms with Crippen molar-refractivity contribution in [3.8, 4) is 0 Å². The lowest BCUT2D eigenvalue weighted by Gasteiger charge is -2.32. The van der Waals surface area contributed by atoms with Gasteiger partial charge in [0.15, 0.2) is 0 Å². The van der Waals surface area contributed by atoms with Gasteiger partial charge in [0, 0.05) is 0 Å². The van der Waals surface area contributed by atoms with E-state index < -0.39 is 0 Å². The summed E-state index contributed by atoms with van der Waals surface area (Å²) in [7, 11) is 0. The number of benzene rings is 1. The van der Waals surface area contributed by atoms with Gasteiger partial charge in [0.1, 0.15) is 12.4 Å². The molecule has 2 N–H and O–H groups in total. The lowest BCUT2D eigenvalue weighted by Crippen LogP contribution is -2.45. The summed E-state index contributed by atoms with van der Waals surface area (Å²) in [6.07, 6.45) is 6.12. The average Bonchev–Trinajstić information content (AvgIpc) is 2.80. The van der Waals surface area contributed by atoms with Gasteiger partial charge in [0.2, 0.25) is 0 Å². The average molecular weight is 257 g/mol. The van der Waals surface area contributed by atoms with E-state index in [0.29, 0.717) is 12.5 Å². The summed E-state index contributed by atoms with van der Waals surface area (Å²) in [6.45, 7) is 8.43. The fraction of sp³-hybridized carbons (Fsp3) is 0.412. The lowest BCUT2D eigenvalue weighted by molar-refractivity contribution is 0.135. The SMILES string of the molecule is C=CCC1CCCC1(N)C(=C)OCc1ccccc1. The maximum atomic E-state index is 6.52. The van der Waals surface area contributed by atoms with Crippen LogP contribution in [0.3, 0.4) is 0 Å². The van der Waals surface area contributed by atoms with Crippen molar-refractivity contribution in [2.24, 2.45) is 11.7 Å². The van der Waals surface area contributed by atoms with Crippen LogP contribution in [-0.2, 0) is 11.3 Å². The van der Waals surface area contributed by atoms with Crippen molar-refractivity contribution in [2.45, 2.75) is 37.8 Å². The van der Waals surface area contributed by atoms with Crippen molar-refractivity contribution >= 4 is 0 Å². The Hall–Kier alpha value is -1.54. The first kappa shape index (κ1) is 13.9. The quantitative estimate of drug-likeness (QED) is 0.621. The van der Waals surface area contributed by atoms with Crippen LogP contribution in [0.15, 0.2) is 55.3 Å². The maximum Gasteiger partial charge on any atom is 0.113 e. The summed E-state index contributed by atoms with van der Waals surface area (Å²) < 4.78 is 5.84. The third kappa shape index (κ3) is 3.07. The molecule has 1 aliphatic rings. The third-order valence-corrected chi connectivity index (χ3v) is 4.10. The number of rotatable bonds is 6. The molecule has 2 unspecified atom stereocenters. The minimum Gasteiger partial charge on any atom is -0.492 e. The van der Waals surface area contributed by atoms with Crippen LogP contribution in [0.25, 0.3) is 0 Å². The Morgan fingerprint density at radius 1 is 1.42 bits per heavy atom. The van der Waals surface area contributed by atoms with Crippen molar-refractivity contribution in [1.82, 2.24) is 0 Å². The molecule has 2 atom stereocenters. The molecule has 1 aromatic carbocycles. The fourth-order valence-corrected chi connectivity index (χ4v) is 2.88. The van der Waals surface area contributed by atoms with Crippen molar-refractivity contribution in [3.05, 3.63) is 60.9 Å². The molecule has 1 fully saturated rings. The van der Waals surface area contributed by atoms with Crippen LogP contribution >= 0.6 is 0 Å². The Bertz CT molecular complexity index is 440. The van der Waals surface area contributed by atoms with Crippen LogP contribution in [0.4, 0.5) is 0 Å². The number of nitrogens with two attached hydrogens (primary N) is 1. The third-order valence-electron chi connectivity index (χ3n) is 4.10. The van der Waals surface area contributed by atoms with Crippen molar-refractivity contribution in [1.29, 1.82) is 0 Å². The second-order valence-corrected chi connectivity index (χ2v) is 5.35. The van der Waals surface area contributed by atoms with E-state index in [1.54, 1.807) is 0 Å². The van der Waals surface area contributed by atoms with Crippen LogP contribution in [0, 0.1) is 5.92 Å². The highest BCUT2D eigenvalue weighted by molar-refractivity contribution is 5.18. The minimum atomic E-state index is -0.386. The number of ether oxygens (including phenoxy) is 1. The van der Waals surface area contributed by atoms with Gasteiger partial charge < -0.3 is 10.5 Å². The predicted molar refractivity (Wildman–Crippen MR) is 79.4 cm³/mol. The molecular formula is C17H23NO. The first-order valence-corrected chi connectivity index (χ1v) is 6.92. The van der Waals surface area contributed by atoms with Crippen molar-refractivity contribution in [2.75, 3.05) is 0 Å². The molecule has 0 spiro atoms. The Morgan fingerprint density at radius 2 is 2.16 bits per heavy atom. The molecule has 0 bridgehead atoms. The van der Waals surface area contributed by atoms with E-state index in [4.69, 9.17) is 10.5 Å². The summed E-state index contributed by atoms with van der Waals surface area (Å²) in [6, 6.07) is 10.1. The molecule has 0 aromatic heterocycles. The molecule has 0 aliphatic heterocycles. The molecule has 0 heterocycles. The Labute approximate surface area is 116 Å². The van der Waals surface area contributed by atoms with E-state index in [0.717, 1.165) is 37.0 Å². The van der Waals surface area contributed by atoms with Crippen LogP contribution in [0.5, 0.6) is 0 Å². The van der Waals surface area contributed by atoms with Gasteiger partial charge in [-0.2, -0.15) is 0 Å². The van der Waals surface area contributed by atoms with Gasteiger partial charge in [0.25, 0.3) is 0 Å². The standard InChI is InChI=1S/C17H23NO/c1-3-8-16-11-7-12-17(16,18)14(2)19-13-15-9-5-4-6-10-15/h3-6,9-10,16H,1-2,7-8,11-13,18H2. The van der Waals surface area contributed by atoms with E-state index in [1.807, 2.05) is 36.4 Å². The number of hydrogen-bond donors (Lipinski definition) is 1. The topological polar surface area (TPSA) is 35.2 Å². The highest BCUT2D eigenvalue weighted by Gasteiger charge is 2.42. The van der Waals surface area contributed by atoms with Gasteiger partial charge in [-0.1, -0.05) is 49.4 Å². The van der Waals surface area contributed by atoms with Crippen molar-refractivity contribution in [3.63, 3.8) is 0 Å². The highest BCUT2D eigenvalue weighted by Crippen LogP contribution is 2.41. The summed E-state index contributed by atoms with van der Waals surface area (Å²) in [5, 5.41) is 0. The number of hydrogen-bond acceptors (Lipinski definition) is 2. The smallest absolute Gasteiger partial charge is 0.113 e. The zero-order chi connectivity index (χ0) is 13.7. The number of allylic oxidation sites excluding steroid dienone is 1. The van der Waals surface area contributed by atoms with E-state index in [-0.39, 0.29) is 5.54 Å². The highest BCUT2D eigenvalue weighted by atomic mass is 16.5. The largest absolute Gasteiger partial charge is 0.492 e. The Balaban J connectivity index is 1.97. The minimum absolute atomic E-state index is 0.386. The predicted octanol–water partition coefficient (Wildman–Crippen LogP) is 3.79. The molecule has 2 nitrogen and oxygen atoms in total. The fourth-order valence-electron chi connectivity index (χ4n) is 2.88.